The van der Waals surface area contributed by atoms with Crippen molar-refractivity contribution in [3.8, 4) is 11.5 Å². The monoisotopic (exact) mass is 480 g/mol. The van der Waals surface area contributed by atoms with Crippen molar-refractivity contribution in [2.45, 2.75) is 13.8 Å². The lowest BCUT2D eigenvalue weighted by Crippen LogP contribution is -2.17. The molecule has 7 heteroatoms. The van der Waals surface area contributed by atoms with Crippen LogP contribution in [0, 0.1) is 6.92 Å². The van der Waals surface area contributed by atoms with Crippen molar-refractivity contribution in [1.29, 1.82) is 0 Å². The highest BCUT2D eigenvalue weighted by molar-refractivity contribution is 9.10. The molecule has 0 aliphatic heterocycles. The van der Waals surface area contributed by atoms with Gasteiger partial charge in [-0.25, -0.2) is 10.2 Å². The van der Waals surface area contributed by atoms with Crippen LogP contribution in [-0.4, -0.2) is 24.7 Å². The number of hydrazone groups is 1. The van der Waals surface area contributed by atoms with Gasteiger partial charge in [0.2, 0.25) is 0 Å². The van der Waals surface area contributed by atoms with E-state index in [0.29, 0.717) is 34.8 Å². The Bertz CT molecular complexity index is 1110. The van der Waals surface area contributed by atoms with E-state index in [2.05, 4.69) is 26.5 Å². The van der Waals surface area contributed by atoms with E-state index in [1.165, 1.54) is 6.21 Å². The topological polar surface area (TPSA) is 77.0 Å². The second-order valence-electron chi connectivity index (χ2n) is 6.54. The minimum Gasteiger partial charge on any atom is -0.494 e. The van der Waals surface area contributed by atoms with Gasteiger partial charge in [-0.15, -0.1) is 0 Å². The third kappa shape index (κ3) is 6.02. The molecule has 0 aliphatic rings. The summed E-state index contributed by atoms with van der Waals surface area (Å²) in [4.78, 5) is 24.9. The van der Waals surface area contributed by atoms with E-state index in [1.54, 1.807) is 54.6 Å². The molecular weight excluding hydrogens is 460 g/mol. The highest BCUT2D eigenvalue weighted by atomic mass is 79.9. The molecule has 0 heterocycles. The van der Waals surface area contributed by atoms with E-state index >= 15 is 0 Å². The van der Waals surface area contributed by atoms with Crippen molar-refractivity contribution >= 4 is 34.0 Å². The molecule has 0 atom stereocenters. The van der Waals surface area contributed by atoms with Crippen LogP contribution in [0.2, 0.25) is 0 Å². The number of hydrogen-bond acceptors (Lipinski definition) is 5. The minimum absolute atomic E-state index is 0.329. The number of hydrogen-bond donors (Lipinski definition) is 1. The van der Waals surface area contributed by atoms with E-state index in [-0.39, 0.29) is 5.91 Å². The normalized spacial score (nSPS) is 10.7. The minimum atomic E-state index is -0.464. The lowest BCUT2D eigenvalue weighted by molar-refractivity contribution is 0.0733. The van der Waals surface area contributed by atoms with Crippen LogP contribution in [0.1, 0.15) is 38.8 Å². The average molecular weight is 481 g/mol. The molecule has 1 N–H and O–H groups in total. The van der Waals surface area contributed by atoms with Gasteiger partial charge in [0.25, 0.3) is 5.91 Å². The molecule has 0 aliphatic carbocycles. The summed E-state index contributed by atoms with van der Waals surface area (Å²) >= 11 is 3.39. The number of rotatable bonds is 7. The van der Waals surface area contributed by atoms with Gasteiger partial charge in [-0.3, -0.25) is 4.79 Å². The van der Waals surface area contributed by atoms with Crippen LogP contribution in [0.3, 0.4) is 0 Å². The summed E-state index contributed by atoms with van der Waals surface area (Å²) in [7, 11) is 0. The lowest BCUT2D eigenvalue weighted by Gasteiger charge is -2.09. The van der Waals surface area contributed by atoms with Crippen LogP contribution in [0.4, 0.5) is 0 Å². The summed E-state index contributed by atoms with van der Waals surface area (Å²) in [6, 6.07) is 19.1. The summed E-state index contributed by atoms with van der Waals surface area (Å²) in [5.41, 5.74) is 4.76. The van der Waals surface area contributed by atoms with Crippen molar-refractivity contribution in [3.05, 3.63) is 93.5 Å². The first kappa shape index (κ1) is 22.2. The van der Waals surface area contributed by atoms with Crippen LogP contribution in [0.15, 0.2) is 76.3 Å². The van der Waals surface area contributed by atoms with Crippen molar-refractivity contribution in [1.82, 2.24) is 5.43 Å². The molecule has 3 aromatic carbocycles. The Morgan fingerprint density at radius 2 is 1.81 bits per heavy atom. The molecule has 0 spiro atoms. The number of ether oxygens (including phenoxy) is 2. The largest absolute Gasteiger partial charge is 0.494 e. The standard InChI is InChI=1S/C24H21BrN2O4/c1-3-30-20-11-8-17(9-12-20)23(28)27-26-15-18-14-19(25)10-13-22(18)31-24(29)21-7-5-4-6-16(21)2/h4-15H,3H2,1-2H3,(H,27,28)/b26-15-. The number of carbonyl (C=O) groups excluding carboxylic acids is 2. The molecule has 0 bridgehead atoms. The fourth-order valence-corrected chi connectivity index (χ4v) is 3.14. The molecule has 3 rings (SSSR count). The third-order valence-electron chi connectivity index (χ3n) is 4.34. The summed E-state index contributed by atoms with van der Waals surface area (Å²) in [6.45, 7) is 4.29. The van der Waals surface area contributed by atoms with Gasteiger partial charge < -0.3 is 9.47 Å². The van der Waals surface area contributed by atoms with Gasteiger partial charge in [-0.2, -0.15) is 5.10 Å². The van der Waals surface area contributed by atoms with E-state index < -0.39 is 5.97 Å². The van der Waals surface area contributed by atoms with E-state index in [4.69, 9.17) is 9.47 Å². The summed E-state index contributed by atoms with van der Waals surface area (Å²) in [6.07, 6.45) is 1.43. The SMILES string of the molecule is CCOc1ccc(C(=O)N/N=C\c2cc(Br)ccc2OC(=O)c2ccccc2C)cc1. The fourth-order valence-electron chi connectivity index (χ4n) is 2.76. The Morgan fingerprint density at radius 3 is 2.52 bits per heavy atom. The summed E-state index contributed by atoms with van der Waals surface area (Å²) < 4.78 is 11.7. The first-order chi connectivity index (χ1) is 15.0. The van der Waals surface area contributed by atoms with Crippen LogP contribution in [0.5, 0.6) is 11.5 Å². The number of amides is 1. The molecule has 3 aromatic rings. The zero-order valence-corrected chi connectivity index (χ0v) is 18.7. The van der Waals surface area contributed by atoms with Crippen molar-refractivity contribution in [2.75, 3.05) is 6.61 Å². The van der Waals surface area contributed by atoms with Gasteiger partial charge >= 0.3 is 5.97 Å². The van der Waals surface area contributed by atoms with Gasteiger partial charge in [0.1, 0.15) is 11.5 Å². The number of benzene rings is 3. The molecule has 0 saturated heterocycles. The molecule has 0 aromatic heterocycles. The number of esters is 1. The first-order valence-electron chi connectivity index (χ1n) is 9.61. The predicted molar refractivity (Wildman–Crippen MR) is 123 cm³/mol. The van der Waals surface area contributed by atoms with E-state index in [0.717, 1.165) is 10.0 Å². The van der Waals surface area contributed by atoms with Crippen molar-refractivity contribution in [3.63, 3.8) is 0 Å². The van der Waals surface area contributed by atoms with Crippen LogP contribution in [0.25, 0.3) is 0 Å². The van der Waals surface area contributed by atoms with Gasteiger partial charge in [0.05, 0.1) is 18.4 Å². The smallest absolute Gasteiger partial charge is 0.343 e. The summed E-state index contributed by atoms with van der Waals surface area (Å²) in [5.74, 6) is 0.188. The Balaban J connectivity index is 1.71. The van der Waals surface area contributed by atoms with Gasteiger partial charge in [0, 0.05) is 15.6 Å². The Hall–Kier alpha value is -3.45. The van der Waals surface area contributed by atoms with Gasteiger partial charge in [0.15, 0.2) is 0 Å². The maximum absolute atomic E-state index is 12.6. The highest BCUT2D eigenvalue weighted by Crippen LogP contribution is 2.23. The maximum Gasteiger partial charge on any atom is 0.343 e. The molecule has 0 saturated carbocycles. The maximum atomic E-state index is 12.6. The number of nitrogens with zero attached hydrogens (tertiary/aromatic N) is 1. The van der Waals surface area contributed by atoms with Crippen LogP contribution in [-0.2, 0) is 0 Å². The van der Waals surface area contributed by atoms with Gasteiger partial charge in [-0.05, 0) is 67.9 Å². The molecule has 31 heavy (non-hydrogen) atoms. The Kier molecular flexibility index (Phi) is 7.56. The Labute approximate surface area is 189 Å². The zero-order valence-electron chi connectivity index (χ0n) is 17.1. The number of aryl methyl sites for hydroxylation is 1. The van der Waals surface area contributed by atoms with E-state index in [1.807, 2.05) is 26.0 Å². The molecular formula is C24H21BrN2O4. The highest BCUT2D eigenvalue weighted by Gasteiger charge is 2.13. The van der Waals surface area contributed by atoms with Crippen LogP contribution < -0.4 is 14.9 Å². The molecule has 0 unspecified atom stereocenters. The zero-order chi connectivity index (χ0) is 22.2. The average Bonchev–Trinajstić information content (AvgIpc) is 2.76. The molecule has 0 radical (unpaired) electrons. The predicted octanol–water partition coefficient (Wildman–Crippen LogP) is 5.14. The van der Waals surface area contributed by atoms with Crippen molar-refractivity contribution < 1.29 is 19.1 Å². The Morgan fingerprint density at radius 1 is 1.06 bits per heavy atom. The fraction of sp³-hybridized carbons (Fsp3) is 0.125. The number of carbonyl (C=O) groups is 2. The molecule has 1 amide bonds. The first-order valence-corrected chi connectivity index (χ1v) is 10.4. The second-order valence-corrected chi connectivity index (χ2v) is 7.46. The molecule has 6 nitrogen and oxygen atoms in total. The molecule has 0 fully saturated rings. The van der Waals surface area contributed by atoms with Crippen LogP contribution >= 0.6 is 15.9 Å². The number of nitrogens with one attached hydrogen (secondary N) is 1. The number of halogens is 1. The quantitative estimate of drug-likeness (QED) is 0.220. The lowest BCUT2D eigenvalue weighted by atomic mass is 10.1. The van der Waals surface area contributed by atoms with Gasteiger partial charge in [-0.1, -0.05) is 34.1 Å². The van der Waals surface area contributed by atoms with E-state index in [9.17, 15) is 9.59 Å². The van der Waals surface area contributed by atoms with Crippen molar-refractivity contribution in [2.24, 2.45) is 5.10 Å². The second kappa shape index (κ2) is 10.5. The summed E-state index contributed by atoms with van der Waals surface area (Å²) in [5, 5.41) is 4.01. The molecule has 158 valence electrons. The third-order valence-corrected chi connectivity index (χ3v) is 4.83.